The van der Waals surface area contributed by atoms with Gasteiger partial charge in [0.2, 0.25) is 0 Å². The second-order valence-corrected chi connectivity index (χ2v) is 7.05. The van der Waals surface area contributed by atoms with Crippen LogP contribution in [0, 0.1) is 0 Å². The van der Waals surface area contributed by atoms with Crippen LogP contribution in [0.5, 0.6) is 5.75 Å². The van der Waals surface area contributed by atoms with Gasteiger partial charge in [-0.25, -0.2) is 8.42 Å². The van der Waals surface area contributed by atoms with Crippen LogP contribution in [-0.2, 0) is 26.9 Å². The van der Waals surface area contributed by atoms with Gasteiger partial charge in [0.15, 0.2) is 9.84 Å². The molecule has 0 heterocycles. The maximum atomic E-state index is 12.1. The Morgan fingerprint density at radius 1 is 1.24 bits per heavy atom. The Labute approximate surface area is 127 Å². The van der Waals surface area contributed by atoms with Crippen LogP contribution in [0.2, 0.25) is 0 Å². The first-order valence-electron chi connectivity index (χ1n) is 7.08. The van der Waals surface area contributed by atoms with Gasteiger partial charge in [0, 0.05) is 25.8 Å². The molecule has 0 aliphatic rings. The summed E-state index contributed by atoms with van der Waals surface area (Å²) in [6, 6.07) is 5.67. The monoisotopic (exact) mass is 315 g/mol. The van der Waals surface area contributed by atoms with E-state index in [0.29, 0.717) is 24.3 Å². The van der Waals surface area contributed by atoms with E-state index in [0.717, 1.165) is 18.7 Å². The molecule has 0 atom stereocenters. The van der Waals surface area contributed by atoms with E-state index >= 15 is 0 Å². The average molecular weight is 315 g/mol. The molecule has 0 bridgehead atoms. The molecule has 0 aliphatic carbocycles. The van der Waals surface area contributed by atoms with Crippen LogP contribution in [0.4, 0.5) is 0 Å². The van der Waals surface area contributed by atoms with Crippen LogP contribution < -0.4 is 10.1 Å². The number of methoxy groups -OCH3 is 2. The molecule has 0 unspecified atom stereocenters. The number of rotatable bonds is 10. The molecule has 0 spiro atoms. The number of nitrogens with one attached hydrogen (secondary N) is 1. The van der Waals surface area contributed by atoms with Crippen LogP contribution in [-0.4, -0.2) is 41.5 Å². The number of ether oxygens (including phenoxy) is 2. The maximum Gasteiger partial charge on any atom is 0.154 e. The minimum Gasteiger partial charge on any atom is -0.496 e. The Hall–Kier alpha value is -1.11. The normalized spacial score (nSPS) is 11.6. The highest BCUT2D eigenvalue weighted by atomic mass is 32.2. The second-order valence-electron chi connectivity index (χ2n) is 4.86. The summed E-state index contributed by atoms with van der Waals surface area (Å²) in [5, 5.41) is 3.23. The standard InChI is InChI=1S/C15H25NO4S/c1-4-16-11-13-6-7-15(20-3)14(10-13)12-21(17,18)9-5-8-19-2/h6-7,10,16H,4-5,8-9,11-12H2,1-3H3. The average Bonchev–Trinajstić information content (AvgIpc) is 2.45. The van der Waals surface area contributed by atoms with Crippen LogP contribution in [0.15, 0.2) is 18.2 Å². The molecule has 0 amide bonds. The van der Waals surface area contributed by atoms with Gasteiger partial charge in [-0.05, 0) is 30.7 Å². The molecule has 1 rings (SSSR count). The Bertz CT molecular complexity index is 528. The summed E-state index contributed by atoms with van der Waals surface area (Å²) in [4.78, 5) is 0. The molecule has 5 nitrogen and oxygen atoms in total. The molecular weight excluding hydrogens is 290 g/mol. The summed E-state index contributed by atoms with van der Waals surface area (Å²) in [6.07, 6.45) is 0.512. The molecule has 0 fully saturated rings. The predicted molar refractivity (Wildman–Crippen MR) is 84.4 cm³/mol. The van der Waals surface area contributed by atoms with E-state index in [1.807, 2.05) is 25.1 Å². The Morgan fingerprint density at radius 2 is 2.00 bits per heavy atom. The lowest BCUT2D eigenvalue weighted by atomic mass is 10.1. The van der Waals surface area contributed by atoms with Crippen LogP contribution in [0.25, 0.3) is 0 Å². The number of sulfone groups is 1. The van der Waals surface area contributed by atoms with Gasteiger partial charge in [0.1, 0.15) is 5.75 Å². The molecular formula is C15H25NO4S. The van der Waals surface area contributed by atoms with Gasteiger partial charge in [-0.3, -0.25) is 0 Å². The zero-order valence-corrected chi connectivity index (χ0v) is 13.8. The van der Waals surface area contributed by atoms with E-state index in [-0.39, 0.29) is 11.5 Å². The van der Waals surface area contributed by atoms with Gasteiger partial charge >= 0.3 is 0 Å². The van der Waals surface area contributed by atoms with E-state index in [1.54, 1.807) is 14.2 Å². The van der Waals surface area contributed by atoms with E-state index in [1.165, 1.54) is 0 Å². The smallest absolute Gasteiger partial charge is 0.154 e. The highest BCUT2D eigenvalue weighted by Gasteiger charge is 2.15. The highest BCUT2D eigenvalue weighted by molar-refractivity contribution is 7.90. The van der Waals surface area contributed by atoms with Gasteiger partial charge in [0.25, 0.3) is 0 Å². The molecule has 1 aromatic carbocycles. The molecule has 0 saturated heterocycles. The van der Waals surface area contributed by atoms with Crippen molar-refractivity contribution in [3.05, 3.63) is 29.3 Å². The maximum absolute atomic E-state index is 12.1. The minimum absolute atomic E-state index is 0.000146. The van der Waals surface area contributed by atoms with Crippen LogP contribution in [0.3, 0.4) is 0 Å². The quantitative estimate of drug-likeness (QED) is 0.667. The molecule has 0 radical (unpaired) electrons. The lowest BCUT2D eigenvalue weighted by Gasteiger charge is -2.12. The van der Waals surface area contributed by atoms with Crippen LogP contribution >= 0.6 is 0 Å². The van der Waals surface area contributed by atoms with Crippen molar-refractivity contribution in [2.75, 3.05) is 33.1 Å². The SMILES string of the molecule is CCNCc1ccc(OC)c(CS(=O)(=O)CCCOC)c1. The first kappa shape index (κ1) is 17.9. The lowest BCUT2D eigenvalue weighted by Crippen LogP contribution is -2.14. The predicted octanol–water partition coefficient (Wildman–Crippen LogP) is 1.76. The molecule has 1 N–H and O–H groups in total. The van der Waals surface area contributed by atoms with E-state index in [2.05, 4.69) is 5.32 Å². The molecule has 0 aliphatic heterocycles. The highest BCUT2D eigenvalue weighted by Crippen LogP contribution is 2.22. The van der Waals surface area contributed by atoms with Gasteiger partial charge < -0.3 is 14.8 Å². The zero-order chi connectivity index (χ0) is 15.7. The van der Waals surface area contributed by atoms with E-state index < -0.39 is 9.84 Å². The van der Waals surface area contributed by atoms with Crippen LogP contribution in [0.1, 0.15) is 24.5 Å². The van der Waals surface area contributed by atoms with Gasteiger partial charge in [-0.2, -0.15) is 0 Å². The fourth-order valence-corrected chi connectivity index (χ4v) is 3.46. The third-order valence-electron chi connectivity index (χ3n) is 3.10. The lowest BCUT2D eigenvalue weighted by molar-refractivity contribution is 0.199. The summed E-state index contributed by atoms with van der Waals surface area (Å²) < 4.78 is 34.4. The zero-order valence-electron chi connectivity index (χ0n) is 13.0. The summed E-state index contributed by atoms with van der Waals surface area (Å²) >= 11 is 0. The summed E-state index contributed by atoms with van der Waals surface area (Å²) in [6.45, 7) is 4.08. The minimum atomic E-state index is -3.16. The summed E-state index contributed by atoms with van der Waals surface area (Å²) in [5.74, 6) is 0.743. The topological polar surface area (TPSA) is 64.6 Å². The number of benzene rings is 1. The Balaban J connectivity index is 2.83. The van der Waals surface area contributed by atoms with E-state index in [4.69, 9.17) is 9.47 Å². The molecule has 1 aromatic rings. The van der Waals surface area contributed by atoms with Gasteiger partial charge in [0.05, 0.1) is 18.6 Å². The molecule has 0 saturated carbocycles. The van der Waals surface area contributed by atoms with Crippen molar-refractivity contribution in [2.45, 2.75) is 25.6 Å². The summed E-state index contributed by atoms with van der Waals surface area (Å²) in [7, 11) is -0.0319. The first-order valence-corrected chi connectivity index (χ1v) is 8.90. The van der Waals surface area contributed by atoms with E-state index in [9.17, 15) is 8.42 Å². The van der Waals surface area contributed by atoms with Crippen molar-refractivity contribution in [1.29, 1.82) is 0 Å². The van der Waals surface area contributed by atoms with Crippen molar-refractivity contribution >= 4 is 9.84 Å². The third-order valence-corrected chi connectivity index (χ3v) is 4.76. The van der Waals surface area contributed by atoms with Gasteiger partial charge in [-0.1, -0.05) is 13.0 Å². The molecule has 0 aromatic heterocycles. The second kappa shape index (κ2) is 9.02. The van der Waals surface area contributed by atoms with Crippen molar-refractivity contribution in [2.24, 2.45) is 0 Å². The fraction of sp³-hybridized carbons (Fsp3) is 0.600. The van der Waals surface area contributed by atoms with Crippen molar-refractivity contribution in [1.82, 2.24) is 5.32 Å². The number of hydrogen-bond acceptors (Lipinski definition) is 5. The number of hydrogen-bond donors (Lipinski definition) is 1. The van der Waals surface area contributed by atoms with Crippen molar-refractivity contribution in [3.8, 4) is 5.75 Å². The fourth-order valence-electron chi connectivity index (χ4n) is 2.06. The van der Waals surface area contributed by atoms with Crippen molar-refractivity contribution in [3.63, 3.8) is 0 Å². The molecule has 6 heteroatoms. The third kappa shape index (κ3) is 6.46. The first-order chi connectivity index (χ1) is 10.0. The Kier molecular flexibility index (Phi) is 7.71. The largest absolute Gasteiger partial charge is 0.496 e. The van der Waals surface area contributed by atoms with Gasteiger partial charge in [-0.15, -0.1) is 0 Å². The molecule has 21 heavy (non-hydrogen) atoms. The summed E-state index contributed by atoms with van der Waals surface area (Å²) in [5.41, 5.74) is 1.77. The van der Waals surface area contributed by atoms with Crippen molar-refractivity contribution < 1.29 is 17.9 Å². The Morgan fingerprint density at radius 3 is 2.62 bits per heavy atom. The molecule has 120 valence electrons.